The van der Waals surface area contributed by atoms with Crippen LogP contribution in [0.15, 0.2) is 24.3 Å². The summed E-state index contributed by atoms with van der Waals surface area (Å²) in [6, 6.07) is 9.99. The van der Waals surface area contributed by atoms with Gasteiger partial charge in [0.15, 0.2) is 0 Å². The van der Waals surface area contributed by atoms with Gasteiger partial charge in [-0.05, 0) is 105 Å². The normalized spacial score (nSPS) is 38.6. The third-order valence-corrected chi connectivity index (χ3v) is 9.92. The maximum atomic E-state index is 12.3. The fraction of sp³-hybridized carbons (Fsp3) is 0.731. The number of hydrogen-bond donors (Lipinski definition) is 1. The van der Waals surface area contributed by atoms with Crippen molar-refractivity contribution >= 4 is 6.03 Å². The number of nitrogens with zero attached hydrogens (tertiary/aromatic N) is 2. The van der Waals surface area contributed by atoms with E-state index >= 15 is 0 Å². The van der Waals surface area contributed by atoms with Gasteiger partial charge in [0.25, 0.3) is 0 Å². The minimum Gasteiger partial charge on any atom is -0.331 e. The summed E-state index contributed by atoms with van der Waals surface area (Å²) in [7, 11) is 3.64. The Morgan fingerprint density at radius 1 is 1.03 bits per heavy atom. The number of urea groups is 1. The third-order valence-electron chi connectivity index (χ3n) is 9.92. The zero-order valence-electron chi connectivity index (χ0n) is 18.7. The van der Waals surface area contributed by atoms with Gasteiger partial charge in [-0.15, -0.1) is 0 Å². The number of nitrogens with one attached hydrogen (secondary N) is 1. The third kappa shape index (κ3) is 2.78. The second-order valence-electron chi connectivity index (χ2n) is 11.3. The number of carbonyl (C=O) groups is 1. The molecule has 4 aliphatic carbocycles. The molecule has 1 aromatic rings. The van der Waals surface area contributed by atoms with E-state index in [0.29, 0.717) is 5.41 Å². The van der Waals surface area contributed by atoms with E-state index in [1.165, 1.54) is 69.2 Å². The van der Waals surface area contributed by atoms with Crippen LogP contribution in [0.2, 0.25) is 0 Å². The van der Waals surface area contributed by atoms with Crippen molar-refractivity contribution in [2.45, 2.75) is 75.3 Å². The predicted molar refractivity (Wildman–Crippen MR) is 119 cm³/mol. The number of amides is 2. The molecule has 4 fully saturated rings. The van der Waals surface area contributed by atoms with Gasteiger partial charge in [0.05, 0.1) is 6.04 Å². The van der Waals surface area contributed by atoms with Crippen molar-refractivity contribution in [1.29, 1.82) is 0 Å². The first-order chi connectivity index (χ1) is 14.5. The maximum Gasteiger partial charge on any atom is 0.317 e. The molecule has 5 atom stereocenters. The summed E-state index contributed by atoms with van der Waals surface area (Å²) in [5, 5.41) is 3.26. The summed E-state index contributed by atoms with van der Waals surface area (Å²) >= 11 is 0. The topological polar surface area (TPSA) is 35.6 Å². The van der Waals surface area contributed by atoms with Crippen molar-refractivity contribution in [2.24, 2.45) is 17.3 Å². The van der Waals surface area contributed by atoms with Crippen LogP contribution in [0, 0.1) is 17.3 Å². The van der Waals surface area contributed by atoms with Crippen molar-refractivity contribution in [3.63, 3.8) is 0 Å². The van der Waals surface area contributed by atoms with Gasteiger partial charge in [-0.3, -0.25) is 0 Å². The molecule has 5 aliphatic rings. The summed E-state index contributed by atoms with van der Waals surface area (Å²) in [6.07, 6.45) is 12.4. The number of benzene rings is 1. The molecular formula is C26H37N3O. The summed E-state index contributed by atoms with van der Waals surface area (Å²) in [5.74, 6) is 2.16. The Kier molecular flexibility index (Phi) is 4.29. The Labute approximate surface area is 181 Å². The smallest absolute Gasteiger partial charge is 0.317 e. The molecule has 6 rings (SSSR count). The van der Waals surface area contributed by atoms with Crippen LogP contribution in [0.4, 0.5) is 4.79 Å². The fourth-order valence-electron chi connectivity index (χ4n) is 8.14. The van der Waals surface area contributed by atoms with E-state index in [1.807, 2.05) is 14.1 Å². The summed E-state index contributed by atoms with van der Waals surface area (Å²) in [5.41, 5.74) is 4.00. The molecule has 1 saturated heterocycles. The maximum absolute atomic E-state index is 12.3. The van der Waals surface area contributed by atoms with Gasteiger partial charge in [0, 0.05) is 20.1 Å². The van der Waals surface area contributed by atoms with E-state index < -0.39 is 0 Å². The molecule has 2 amide bonds. The molecule has 4 nitrogen and oxygen atoms in total. The molecule has 2 spiro atoms. The molecule has 1 aliphatic heterocycles. The number of hydrogen-bond acceptors (Lipinski definition) is 2. The van der Waals surface area contributed by atoms with Crippen LogP contribution >= 0.6 is 0 Å². The van der Waals surface area contributed by atoms with Gasteiger partial charge >= 0.3 is 6.03 Å². The average molecular weight is 408 g/mol. The molecule has 162 valence electrons. The monoisotopic (exact) mass is 407 g/mol. The molecule has 3 saturated carbocycles. The molecule has 0 bridgehead atoms. The largest absolute Gasteiger partial charge is 0.331 e. The molecular weight excluding hydrogens is 370 g/mol. The number of piperidine rings is 1. The van der Waals surface area contributed by atoms with Crippen LogP contribution in [0.5, 0.6) is 0 Å². The first-order valence-corrected chi connectivity index (χ1v) is 12.3. The van der Waals surface area contributed by atoms with Gasteiger partial charge in [0.1, 0.15) is 0 Å². The van der Waals surface area contributed by atoms with Crippen LogP contribution in [-0.2, 0) is 5.41 Å². The molecule has 2 unspecified atom stereocenters. The fourth-order valence-corrected chi connectivity index (χ4v) is 8.14. The highest BCUT2D eigenvalue weighted by Gasteiger charge is 2.66. The Morgan fingerprint density at radius 2 is 1.80 bits per heavy atom. The minimum absolute atomic E-state index is 0.0186. The zero-order chi connectivity index (χ0) is 20.5. The molecule has 30 heavy (non-hydrogen) atoms. The van der Waals surface area contributed by atoms with Crippen LogP contribution in [-0.4, -0.2) is 49.1 Å². The van der Waals surface area contributed by atoms with E-state index in [2.05, 4.69) is 34.5 Å². The van der Waals surface area contributed by atoms with Crippen molar-refractivity contribution < 1.29 is 4.79 Å². The van der Waals surface area contributed by atoms with Crippen molar-refractivity contribution in [3.8, 4) is 0 Å². The van der Waals surface area contributed by atoms with Gasteiger partial charge in [-0.2, -0.15) is 0 Å². The molecule has 1 aromatic carbocycles. The van der Waals surface area contributed by atoms with E-state index in [9.17, 15) is 4.79 Å². The van der Waals surface area contributed by atoms with Crippen LogP contribution in [0.3, 0.4) is 0 Å². The van der Waals surface area contributed by atoms with Gasteiger partial charge in [-0.1, -0.05) is 24.3 Å². The Bertz CT molecular complexity index is 842. The number of rotatable bonds is 2. The zero-order valence-corrected chi connectivity index (χ0v) is 18.7. The molecule has 0 radical (unpaired) electrons. The van der Waals surface area contributed by atoms with Gasteiger partial charge in [0.2, 0.25) is 0 Å². The predicted octanol–water partition coefficient (Wildman–Crippen LogP) is 4.71. The van der Waals surface area contributed by atoms with E-state index in [-0.39, 0.29) is 12.1 Å². The number of likely N-dealkylation sites (tertiary alicyclic amines) is 1. The Morgan fingerprint density at radius 3 is 2.53 bits per heavy atom. The highest BCUT2D eigenvalue weighted by Crippen LogP contribution is 2.73. The lowest BCUT2D eigenvalue weighted by Crippen LogP contribution is -2.49. The Balaban J connectivity index is 1.17. The molecule has 1 N–H and O–H groups in total. The number of carbonyl (C=O) groups excluding carboxylic acids is 1. The van der Waals surface area contributed by atoms with Crippen LogP contribution in [0.1, 0.15) is 75.0 Å². The van der Waals surface area contributed by atoms with Gasteiger partial charge < -0.3 is 15.1 Å². The highest BCUT2D eigenvalue weighted by molar-refractivity contribution is 5.74. The lowest BCUT2D eigenvalue weighted by Gasteiger charge is -2.48. The minimum atomic E-state index is 0.0186. The van der Waals surface area contributed by atoms with E-state index in [4.69, 9.17) is 0 Å². The summed E-state index contributed by atoms with van der Waals surface area (Å²) in [6.45, 7) is 2.53. The van der Waals surface area contributed by atoms with Crippen molar-refractivity contribution in [1.82, 2.24) is 15.1 Å². The molecule has 1 heterocycles. The molecule has 4 heteroatoms. The number of fused-ring (bicyclic) bond motifs is 2. The molecule has 0 aromatic heterocycles. The van der Waals surface area contributed by atoms with Crippen molar-refractivity contribution in [3.05, 3.63) is 35.4 Å². The Hall–Kier alpha value is -1.55. The summed E-state index contributed by atoms with van der Waals surface area (Å²) in [4.78, 5) is 16.8. The van der Waals surface area contributed by atoms with Crippen molar-refractivity contribution in [2.75, 3.05) is 27.2 Å². The summed E-state index contributed by atoms with van der Waals surface area (Å²) < 4.78 is 0. The quantitative estimate of drug-likeness (QED) is 0.771. The second kappa shape index (κ2) is 6.72. The van der Waals surface area contributed by atoms with E-state index in [0.717, 1.165) is 29.7 Å². The standard InChI is InChI=1S/C26H37N3O/c1-28(2)24(30)27-23-9-10-25(22-6-4-3-5-21(22)23)11-13-29(14-12-25)20-15-18-7-8-19-16-26(18,19)17-20/h3-6,18-20,23H,7-17H2,1-2H3,(H,27,30)/t18-,19?,20+,23-,26?/m0/s1. The van der Waals surface area contributed by atoms with Crippen LogP contribution < -0.4 is 5.32 Å². The van der Waals surface area contributed by atoms with Gasteiger partial charge in [-0.25, -0.2) is 4.79 Å². The first-order valence-electron chi connectivity index (χ1n) is 12.3. The second-order valence-corrected chi connectivity index (χ2v) is 11.3. The van der Waals surface area contributed by atoms with Crippen LogP contribution in [0.25, 0.3) is 0 Å². The highest BCUT2D eigenvalue weighted by atomic mass is 16.2. The van der Waals surface area contributed by atoms with E-state index in [1.54, 1.807) is 11.3 Å². The SMILES string of the molecule is CN(C)C(=O)N[C@H]1CCC2(CCN([C@@H]3C[C@@H]4CCC5CC54C3)CC2)c2ccccc21. The lowest BCUT2D eigenvalue weighted by atomic mass is 9.63. The first kappa shape index (κ1) is 19.2. The lowest BCUT2D eigenvalue weighted by molar-refractivity contribution is 0.0987. The average Bonchev–Trinajstić information content (AvgIpc) is 3.15.